The van der Waals surface area contributed by atoms with Crippen molar-refractivity contribution in [1.29, 1.82) is 0 Å². The van der Waals surface area contributed by atoms with Gasteiger partial charge in [0, 0.05) is 44.6 Å². The van der Waals surface area contributed by atoms with E-state index in [1.54, 1.807) is 0 Å². The molecule has 0 saturated carbocycles. The summed E-state index contributed by atoms with van der Waals surface area (Å²) in [5.74, 6) is 0. The number of para-hydroxylation sites is 1. The van der Waals surface area contributed by atoms with Crippen LogP contribution in [0.1, 0.15) is 37.0 Å². The van der Waals surface area contributed by atoms with Crippen molar-refractivity contribution in [2.24, 2.45) is 0 Å². The predicted molar refractivity (Wildman–Crippen MR) is 304 cm³/mol. The maximum atomic E-state index is 2.54. The first-order valence-electron chi connectivity index (χ1n) is 25.2. The Hall–Kier alpha value is -8.92. The first kappa shape index (κ1) is 43.1. The molecule has 1 aliphatic heterocycles. The average Bonchev–Trinajstić information content (AvgIpc) is 3.78. The third-order valence-electron chi connectivity index (χ3n) is 15.1. The lowest BCUT2D eigenvalue weighted by Crippen LogP contribution is -2.30. The number of nitrogens with zero attached hydrogens (tertiary/aromatic N) is 3. The van der Waals surface area contributed by atoms with E-state index >= 15 is 0 Å². The molecule has 3 nitrogen and oxygen atoms in total. The van der Waals surface area contributed by atoms with Crippen LogP contribution in [0.15, 0.2) is 267 Å². The molecule has 13 rings (SSSR count). The summed E-state index contributed by atoms with van der Waals surface area (Å²) >= 11 is 0. The van der Waals surface area contributed by atoms with Gasteiger partial charge in [-0.05, 0) is 135 Å². The zero-order valence-corrected chi connectivity index (χ0v) is 40.5. The van der Waals surface area contributed by atoms with Crippen LogP contribution in [0.2, 0.25) is 0 Å². The van der Waals surface area contributed by atoms with Gasteiger partial charge in [0.05, 0.1) is 22.8 Å². The fraction of sp³-hybridized carbons (Fsp3) is 0.0725. The Morgan fingerprint density at radius 1 is 0.403 bits per heavy atom. The minimum absolute atomic E-state index is 0.0977. The van der Waals surface area contributed by atoms with Crippen LogP contribution in [-0.2, 0) is 5.41 Å². The van der Waals surface area contributed by atoms with Crippen molar-refractivity contribution in [2.45, 2.75) is 31.7 Å². The molecule has 0 N–H and O–H groups in total. The van der Waals surface area contributed by atoms with E-state index in [0.29, 0.717) is 0 Å². The maximum absolute atomic E-state index is 2.54. The molecule has 0 fully saturated rings. The number of aromatic nitrogens is 1. The zero-order valence-electron chi connectivity index (χ0n) is 40.5. The van der Waals surface area contributed by atoms with Crippen LogP contribution in [0.4, 0.5) is 28.4 Å². The molecule has 344 valence electrons. The van der Waals surface area contributed by atoms with Gasteiger partial charge in [0.2, 0.25) is 0 Å². The monoisotopic (exact) mass is 923 g/mol. The van der Waals surface area contributed by atoms with Gasteiger partial charge in [-0.25, -0.2) is 0 Å². The second-order valence-corrected chi connectivity index (χ2v) is 19.7. The summed E-state index contributed by atoms with van der Waals surface area (Å²) in [7, 11) is 0. The topological polar surface area (TPSA) is 11.4 Å². The van der Waals surface area contributed by atoms with Crippen molar-refractivity contribution >= 4 is 55.8 Å². The van der Waals surface area contributed by atoms with Crippen LogP contribution in [-0.4, -0.2) is 10.6 Å². The summed E-state index contributed by atoms with van der Waals surface area (Å²) in [6.45, 7) is 4.80. The summed E-state index contributed by atoms with van der Waals surface area (Å²) in [6, 6.07) is 91.2. The predicted octanol–water partition coefficient (Wildman–Crippen LogP) is 18.4. The lowest BCUT2D eigenvalue weighted by atomic mass is 9.74. The smallest absolute Gasteiger partial charge is 0.0583 e. The highest BCUT2D eigenvalue weighted by Gasteiger charge is 2.36. The lowest BCUT2D eigenvalue weighted by Gasteiger charge is -2.36. The molecular weight excluding hydrogens is 871 g/mol. The summed E-state index contributed by atoms with van der Waals surface area (Å²) in [4.78, 5) is 5.00. The number of allylic oxidation sites excluding steroid dienone is 2. The van der Waals surface area contributed by atoms with E-state index in [-0.39, 0.29) is 11.5 Å². The third-order valence-corrected chi connectivity index (χ3v) is 15.1. The molecule has 1 unspecified atom stereocenters. The van der Waals surface area contributed by atoms with Crippen LogP contribution in [0.5, 0.6) is 0 Å². The number of rotatable bonds is 10. The normalized spacial score (nSPS) is 14.5. The van der Waals surface area contributed by atoms with Gasteiger partial charge in [0.15, 0.2) is 0 Å². The number of fused-ring (bicyclic) bond motifs is 5. The van der Waals surface area contributed by atoms with Crippen molar-refractivity contribution in [1.82, 2.24) is 4.57 Å². The van der Waals surface area contributed by atoms with Crippen LogP contribution >= 0.6 is 0 Å². The molecule has 11 aromatic rings. The quantitative estimate of drug-likeness (QED) is 0.135. The molecule has 0 spiro atoms. The number of anilines is 5. The van der Waals surface area contributed by atoms with Gasteiger partial charge in [-0.3, -0.25) is 0 Å². The molecule has 1 aromatic heterocycles. The highest BCUT2D eigenvalue weighted by atomic mass is 15.2. The first-order valence-corrected chi connectivity index (χ1v) is 25.2. The van der Waals surface area contributed by atoms with Crippen molar-refractivity contribution in [2.75, 3.05) is 9.80 Å². The zero-order chi connectivity index (χ0) is 48.2. The molecule has 2 aliphatic rings. The Labute approximate surface area is 422 Å². The van der Waals surface area contributed by atoms with Gasteiger partial charge >= 0.3 is 0 Å². The third kappa shape index (κ3) is 7.53. The van der Waals surface area contributed by atoms with Crippen LogP contribution in [0.3, 0.4) is 0 Å². The van der Waals surface area contributed by atoms with Crippen molar-refractivity contribution < 1.29 is 0 Å². The van der Waals surface area contributed by atoms with Crippen LogP contribution in [0.25, 0.3) is 66.4 Å². The minimum Gasteiger partial charge on any atom is -0.334 e. The largest absolute Gasteiger partial charge is 0.334 e. The number of hydrogen-bond donors (Lipinski definition) is 0. The highest BCUT2D eigenvalue weighted by Crippen LogP contribution is 2.51. The fourth-order valence-corrected chi connectivity index (χ4v) is 11.4. The van der Waals surface area contributed by atoms with E-state index < -0.39 is 0 Å². The highest BCUT2D eigenvalue weighted by molar-refractivity contribution is 6.14. The molecule has 0 amide bonds. The molecule has 2 heterocycles. The minimum atomic E-state index is -0.291. The van der Waals surface area contributed by atoms with Crippen LogP contribution < -0.4 is 9.80 Å². The van der Waals surface area contributed by atoms with Crippen molar-refractivity contribution in [3.05, 3.63) is 284 Å². The van der Waals surface area contributed by atoms with Gasteiger partial charge in [-0.1, -0.05) is 208 Å². The Balaban J connectivity index is 1.01. The van der Waals surface area contributed by atoms with Gasteiger partial charge < -0.3 is 14.4 Å². The summed E-state index contributed by atoms with van der Waals surface area (Å²) < 4.78 is 2.54. The first-order chi connectivity index (χ1) is 35.5. The Bertz CT molecular complexity index is 3730. The molecule has 0 bridgehead atoms. The van der Waals surface area contributed by atoms with Gasteiger partial charge in [-0.2, -0.15) is 0 Å². The Morgan fingerprint density at radius 3 is 1.39 bits per heavy atom. The molecule has 3 heteroatoms. The van der Waals surface area contributed by atoms with Crippen LogP contribution in [0, 0.1) is 0 Å². The van der Waals surface area contributed by atoms with Crippen molar-refractivity contribution in [3.8, 4) is 39.1 Å². The second kappa shape index (κ2) is 17.8. The SMILES string of the molecule is CC1(C)c2ccccc2-n2c3ccc(N(c4ccc(-c5ccccc5)cc4)C4C=CC(c5ccccc5)=CC4)cc3c3cc(N(c4ccc(-c5ccccc5)cc4)c4ccc(-c5ccccc5)cc4)cc1c32. The standard InChI is InChI=1S/C69H53N3/c1-69(2)64-25-15-16-26-67(64)72-66-44-43-60(70(56-35-27-52(28-36-56)48-17-7-3-8-18-48)57-37-29-53(30-38-57)49-19-9-4-10-20-49)45-62(66)63-46-61(47-65(69)68(63)72)71(58-39-31-54(32-40-58)50-21-11-5-12-22-50)59-41-33-55(34-42-59)51-23-13-6-14-24-51/h3-37,39-47,57H,38H2,1-2H3. The Morgan fingerprint density at radius 2 is 0.861 bits per heavy atom. The lowest BCUT2D eigenvalue weighted by molar-refractivity contribution is 0.630. The van der Waals surface area contributed by atoms with Crippen molar-refractivity contribution in [3.63, 3.8) is 0 Å². The fourth-order valence-electron chi connectivity index (χ4n) is 11.4. The van der Waals surface area contributed by atoms with E-state index in [1.807, 2.05) is 0 Å². The Kier molecular flexibility index (Phi) is 10.7. The summed E-state index contributed by atoms with van der Waals surface area (Å²) in [6.07, 6.45) is 7.99. The van der Waals surface area contributed by atoms with Gasteiger partial charge in [0.1, 0.15) is 0 Å². The van der Waals surface area contributed by atoms with E-state index in [0.717, 1.165) is 34.9 Å². The van der Waals surface area contributed by atoms with Gasteiger partial charge in [0.25, 0.3) is 0 Å². The molecule has 0 saturated heterocycles. The molecule has 1 aliphatic carbocycles. The number of benzene rings is 10. The van der Waals surface area contributed by atoms with E-state index in [1.165, 1.54) is 83.1 Å². The molecule has 72 heavy (non-hydrogen) atoms. The average molecular weight is 924 g/mol. The summed E-state index contributed by atoms with van der Waals surface area (Å²) in [5.41, 5.74) is 21.4. The summed E-state index contributed by atoms with van der Waals surface area (Å²) in [5, 5.41) is 2.46. The van der Waals surface area contributed by atoms with E-state index in [9.17, 15) is 0 Å². The maximum Gasteiger partial charge on any atom is 0.0583 e. The molecule has 0 radical (unpaired) electrons. The second-order valence-electron chi connectivity index (χ2n) is 19.7. The molecule has 10 aromatic carbocycles. The van der Waals surface area contributed by atoms with E-state index in [2.05, 4.69) is 295 Å². The van der Waals surface area contributed by atoms with Gasteiger partial charge in [-0.15, -0.1) is 0 Å². The molecule has 1 atom stereocenters. The number of hydrogen-bond acceptors (Lipinski definition) is 2. The van der Waals surface area contributed by atoms with E-state index in [4.69, 9.17) is 0 Å². The molecular formula is C69H53N3.